The molecule has 1 atom stereocenters. The van der Waals surface area contributed by atoms with Crippen LogP contribution in [-0.2, 0) is 6.54 Å². The summed E-state index contributed by atoms with van der Waals surface area (Å²) in [6.45, 7) is 4.33. The molecular formula is C10H15ClN4. The molecule has 0 bridgehead atoms. The third-order valence-electron chi connectivity index (χ3n) is 2.23. The topological polar surface area (TPSA) is 67.6 Å². The molecule has 0 aromatic carbocycles. The second kappa shape index (κ2) is 4.65. The first-order valence-electron chi connectivity index (χ1n) is 4.84. The van der Waals surface area contributed by atoms with Gasteiger partial charge in [0.15, 0.2) is 0 Å². The number of aryl methyl sites for hydroxylation is 2. The smallest absolute Gasteiger partial charge is 0.101 e. The highest BCUT2D eigenvalue weighted by atomic mass is 35.5. The van der Waals surface area contributed by atoms with Crippen molar-refractivity contribution in [3.8, 4) is 6.07 Å². The van der Waals surface area contributed by atoms with E-state index in [4.69, 9.17) is 22.6 Å². The first kappa shape index (κ1) is 12.0. The van der Waals surface area contributed by atoms with Crippen molar-refractivity contribution in [2.75, 3.05) is 0 Å². The molecule has 4 nitrogen and oxygen atoms in total. The summed E-state index contributed by atoms with van der Waals surface area (Å²) < 4.78 is 1.78. The van der Waals surface area contributed by atoms with Gasteiger partial charge in [-0.05, 0) is 26.7 Å². The summed E-state index contributed by atoms with van der Waals surface area (Å²) in [5.41, 5.74) is 5.78. The van der Waals surface area contributed by atoms with Crippen LogP contribution in [0, 0.1) is 18.3 Å². The lowest BCUT2D eigenvalue weighted by molar-refractivity contribution is 0.471. The summed E-state index contributed by atoms with van der Waals surface area (Å²) >= 11 is 5.87. The zero-order chi connectivity index (χ0) is 11.5. The Morgan fingerprint density at radius 1 is 1.73 bits per heavy atom. The van der Waals surface area contributed by atoms with Gasteiger partial charge in [0.1, 0.15) is 5.54 Å². The second-order valence-electron chi connectivity index (χ2n) is 3.96. The molecule has 0 saturated heterocycles. The molecule has 0 spiro atoms. The maximum Gasteiger partial charge on any atom is 0.101 e. The molecule has 0 fully saturated rings. The molecule has 0 amide bonds. The molecule has 82 valence electrons. The first-order chi connectivity index (χ1) is 6.94. The SMILES string of the molecule is Cc1nn(CCCC(C)(N)C#N)cc1Cl. The van der Waals surface area contributed by atoms with E-state index < -0.39 is 5.54 Å². The number of hydrogen-bond donors (Lipinski definition) is 1. The molecule has 1 unspecified atom stereocenters. The second-order valence-corrected chi connectivity index (χ2v) is 4.37. The van der Waals surface area contributed by atoms with Crippen molar-refractivity contribution < 1.29 is 0 Å². The highest BCUT2D eigenvalue weighted by Gasteiger charge is 2.16. The standard InChI is InChI=1S/C10H15ClN4/c1-8-9(11)6-15(14-8)5-3-4-10(2,13)7-12/h6H,3-5,13H2,1-2H3. The average molecular weight is 227 g/mol. The summed E-state index contributed by atoms with van der Waals surface area (Å²) in [4.78, 5) is 0. The average Bonchev–Trinajstić information content (AvgIpc) is 2.46. The maximum atomic E-state index is 8.72. The lowest BCUT2D eigenvalue weighted by Crippen LogP contribution is -2.34. The van der Waals surface area contributed by atoms with E-state index in [2.05, 4.69) is 11.2 Å². The predicted molar refractivity (Wildman–Crippen MR) is 59.4 cm³/mol. The van der Waals surface area contributed by atoms with E-state index in [0.717, 1.165) is 18.7 Å². The normalized spacial score (nSPS) is 14.6. The van der Waals surface area contributed by atoms with E-state index in [-0.39, 0.29) is 0 Å². The minimum atomic E-state index is -0.744. The van der Waals surface area contributed by atoms with Crippen LogP contribution in [0.4, 0.5) is 0 Å². The third-order valence-corrected chi connectivity index (χ3v) is 2.60. The van der Waals surface area contributed by atoms with Gasteiger partial charge in [-0.2, -0.15) is 10.4 Å². The van der Waals surface area contributed by atoms with Gasteiger partial charge in [-0.1, -0.05) is 11.6 Å². The lowest BCUT2D eigenvalue weighted by Gasteiger charge is -2.14. The fourth-order valence-corrected chi connectivity index (χ4v) is 1.42. The van der Waals surface area contributed by atoms with Gasteiger partial charge in [0.05, 0.1) is 16.8 Å². The number of nitriles is 1. The van der Waals surface area contributed by atoms with E-state index in [1.165, 1.54) is 0 Å². The highest BCUT2D eigenvalue weighted by molar-refractivity contribution is 6.31. The Labute approximate surface area is 94.6 Å². The van der Waals surface area contributed by atoms with E-state index >= 15 is 0 Å². The molecule has 1 aromatic heterocycles. The van der Waals surface area contributed by atoms with Crippen LogP contribution in [0.15, 0.2) is 6.20 Å². The van der Waals surface area contributed by atoms with E-state index in [9.17, 15) is 0 Å². The largest absolute Gasteiger partial charge is 0.314 e. The molecule has 0 radical (unpaired) electrons. The molecule has 1 heterocycles. The van der Waals surface area contributed by atoms with Crippen molar-refractivity contribution >= 4 is 11.6 Å². The van der Waals surface area contributed by atoms with Crippen LogP contribution in [0.3, 0.4) is 0 Å². The van der Waals surface area contributed by atoms with Crippen LogP contribution >= 0.6 is 11.6 Å². The van der Waals surface area contributed by atoms with Gasteiger partial charge >= 0.3 is 0 Å². The summed E-state index contributed by atoms with van der Waals surface area (Å²) in [6.07, 6.45) is 3.26. The van der Waals surface area contributed by atoms with Crippen LogP contribution in [0.2, 0.25) is 5.02 Å². The summed E-state index contributed by atoms with van der Waals surface area (Å²) in [7, 11) is 0. The zero-order valence-corrected chi connectivity index (χ0v) is 9.75. The maximum absolute atomic E-state index is 8.72. The Morgan fingerprint density at radius 3 is 2.87 bits per heavy atom. The molecule has 0 aliphatic carbocycles. The summed E-state index contributed by atoms with van der Waals surface area (Å²) in [5.74, 6) is 0. The molecular weight excluding hydrogens is 212 g/mol. The van der Waals surface area contributed by atoms with Crippen molar-refractivity contribution in [1.29, 1.82) is 5.26 Å². The predicted octanol–water partition coefficient (Wildman–Crippen LogP) is 1.87. The number of aromatic nitrogens is 2. The van der Waals surface area contributed by atoms with Crippen LogP contribution in [0.25, 0.3) is 0 Å². The molecule has 5 heteroatoms. The Morgan fingerprint density at radius 2 is 2.40 bits per heavy atom. The molecule has 0 aliphatic heterocycles. The monoisotopic (exact) mass is 226 g/mol. The Hall–Kier alpha value is -1.05. The summed E-state index contributed by atoms with van der Waals surface area (Å²) in [6, 6.07) is 2.07. The van der Waals surface area contributed by atoms with E-state index in [1.54, 1.807) is 17.8 Å². The lowest BCUT2D eigenvalue weighted by atomic mass is 9.99. The van der Waals surface area contributed by atoms with Gasteiger partial charge in [-0.15, -0.1) is 0 Å². The number of rotatable bonds is 4. The number of halogens is 1. The minimum absolute atomic E-state index is 0.653. The Kier molecular flexibility index (Phi) is 3.72. The van der Waals surface area contributed by atoms with E-state index in [0.29, 0.717) is 11.4 Å². The molecule has 1 aromatic rings. The van der Waals surface area contributed by atoms with Gasteiger partial charge in [0.2, 0.25) is 0 Å². The number of hydrogen-bond acceptors (Lipinski definition) is 3. The quantitative estimate of drug-likeness (QED) is 0.852. The van der Waals surface area contributed by atoms with Gasteiger partial charge in [0.25, 0.3) is 0 Å². The van der Waals surface area contributed by atoms with Crippen LogP contribution in [0.5, 0.6) is 0 Å². The molecule has 1 rings (SSSR count). The van der Waals surface area contributed by atoms with Crippen molar-refractivity contribution in [3.63, 3.8) is 0 Å². The van der Waals surface area contributed by atoms with Gasteiger partial charge < -0.3 is 5.73 Å². The van der Waals surface area contributed by atoms with Crippen LogP contribution in [-0.4, -0.2) is 15.3 Å². The minimum Gasteiger partial charge on any atom is -0.314 e. The molecule has 15 heavy (non-hydrogen) atoms. The Bertz CT molecular complexity index is 356. The van der Waals surface area contributed by atoms with Crippen LogP contribution < -0.4 is 5.73 Å². The molecule has 0 saturated carbocycles. The zero-order valence-electron chi connectivity index (χ0n) is 9.00. The molecule has 2 N–H and O–H groups in total. The third kappa shape index (κ3) is 3.54. The van der Waals surface area contributed by atoms with Crippen molar-refractivity contribution in [3.05, 3.63) is 16.9 Å². The molecule has 0 aliphatic rings. The van der Waals surface area contributed by atoms with E-state index in [1.807, 2.05) is 6.92 Å². The number of nitrogens with two attached hydrogens (primary N) is 1. The fourth-order valence-electron chi connectivity index (χ4n) is 1.27. The van der Waals surface area contributed by atoms with Crippen LogP contribution in [0.1, 0.15) is 25.5 Å². The fraction of sp³-hybridized carbons (Fsp3) is 0.600. The summed E-state index contributed by atoms with van der Waals surface area (Å²) in [5, 5.41) is 13.6. The Balaban J connectivity index is 2.42. The van der Waals surface area contributed by atoms with Crippen molar-refractivity contribution in [2.24, 2.45) is 5.73 Å². The van der Waals surface area contributed by atoms with Crippen molar-refractivity contribution in [2.45, 2.75) is 38.8 Å². The van der Waals surface area contributed by atoms with Crippen molar-refractivity contribution in [1.82, 2.24) is 9.78 Å². The highest BCUT2D eigenvalue weighted by Crippen LogP contribution is 2.13. The van der Waals surface area contributed by atoms with Gasteiger partial charge in [-0.25, -0.2) is 0 Å². The number of nitrogens with zero attached hydrogens (tertiary/aromatic N) is 3. The van der Waals surface area contributed by atoms with Gasteiger partial charge in [-0.3, -0.25) is 4.68 Å². The first-order valence-corrected chi connectivity index (χ1v) is 5.22. The van der Waals surface area contributed by atoms with Gasteiger partial charge in [0, 0.05) is 12.7 Å².